The van der Waals surface area contributed by atoms with Gasteiger partial charge in [-0.3, -0.25) is 0 Å². The van der Waals surface area contributed by atoms with Gasteiger partial charge in [0.25, 0.3) is 0 Å². The normalized spacial score (nSPS) is 11.5. The highest BCUT2D eigenvalue weighted by Gasteiger charge is 2.13. The molecule has 0 radical (unpaired) electrons. The van der Waals surface area contributed by atoms with Crippen LogP contribution < -0.4 is 10.6 Å². The molecule has 0 atom stereocenters. The van der Waals surface area contributed by atoms with Gasteiger partial charge in [-0.2, -0.15) is 9.61 Å². The van der Waals surface area contributed by atoms with Gasteiger partial charge in [-0.05, 0) is 54.3 Å². The highest BCUT2D eigenvalue weighted by atomic mass is 16.2. The molecule has 2 aromatic heterocycles. The summed E-state index contributed by atoms with van der Waals surface area (Å²) < 4.78 is 1.70. The van der Waals surface area contributed by atoms with Crippen molar-refractivity contribution in [1.29, 1.82) is 0 Å². The Balaban J connectivity index is 1.48. The zero-order valence-corrected chi connectivity index (χ0v) is 17.5. The van der Waals surface area contributed by atoms with Crippen LogP contribution in [0.5, 0.6) is 0 Å². The first-order chi connectivity index (χ1) is 14.3. The van der Waals surface area contributed by atoms with E-state index in [0.717, 1.165) is 22.8 Å². The summed E-state index contributed by atoms with van der Waals surface area (Å²) in [5, 5.41) is 18.4. The Kier molecular flexibility index (Phi) is 4.95. The summed E-state index contributed by atoms with van der Waals surface area (Å²) in [7, 11) is 0. The second-order valence-electron chi connectivity index (χ2n) is 8.22. The predicted octanol–water partition coefficient (Wildman–Crippen LogP) is 5.04. The van der Waals surface area contributed by atoms with Gasteiger partial charge in [0.05, 0.1) is 5.69 Å². The summed E-state index contributed by atoms with van der Waals surface area (Å²) >= 11 is 0. The van der Waals surface area contributed by atoms with Gasteiger partial charge < -0.3 is 10.6 Å². The maximum atomic E-state index is 12.4. The van der Waals surface area contributed by atoms with Gasteiger partial charge in [-0.1, -0.05) is 45.0 Å². The van der Waals surface area contributed by atoms with Crippen LogP contribution >= 0.6 is 0 Å². The van der Waals surface area contributed by atoms with Gasteiger partial charge in [0.2, 0.25) is 0 Å². The van der Waals surface area contributed by atoms with Crippen LogP contribution in [0.1, 0.15) is 32.2 Å². The van der Waals surface area contributed by atoms with Crippen molar-refractivity contribution in [2.24, 2.45) is 0 Å². The number of nitrogens with zero attached hydrogens (tertiary/aromatic N) is 4. The van der Waals surface area contributed by atoms with E-state index in [0.29, 0.717) is 11.3 Å². The quantitative estimate of drug-likeness (QED) is 0.504. The average molecular weight is 400 g/mol. The number of aromatic nitrogens is 4. The second kappa shape index (κ2) is 7.59. The van der Waals surface area contributed by atoms with Gasteiger partial charge >= 0.3 is 6.03 Å². The summed E-state index contributed by atoms with van der Waals surface area (Å²) in [5.74, 6) is 0.720. The second-order valence-corrected chi connectivity index (χ2v) is 8.22. The van der Waals surface area contributed by atoms with Crippen LogP contribution in [0, 0.1) is 6.92 Å². The first-order valence-electron chi connectivity index (χ1n) is 9.78. The first-order valence-corrected chi connectivity index (χ1v) is 9.78. The van der Waals surface area contributed by atoms with Crippen molar-refractivity contribution in [2.75, 3.05) is 10.6 Å². The van der Waals surface area contributed by atoms with E-state index in [-0.39, 0.29) is 11.4 Å². The maximum absolute atomic E-state index is 12.4. The number of hydrogen-bond donors (Lipinski definition) is 2. The van der Waals surface area contributed by atoms with Gasteiger partial charge in [-0.25, -0.2) is 4.79 Å². The fourth-order valence-electron chi connectivity index (χ4n) is 3.15. The van der Waals surface area contributed by atoms with E-state index in [1.165, 1.54) is 5.56 Å². The highest BCUT2D eigenvalue weighted by molar-refractivity contribution is 6.00. The number of nitrogens with one attached hydrogen (secondary N) is 2. The number of aryl methyl sites for hydroxylation is 1. The molecule has 7 nitrogen and oxygen atoms in total. The molecule has 0 unspecified atom stereocenters. The molecule has 30 heavy (non-hydrogen) atoms. The summed E-state index contributed by atoms with van der Waals surface area (Å²) in [6.07, 6.45) is 0. The molecule has 2 N–H and O–H groups in total. The molecular weight excluding hydrogens is 376 g/mol. The van der Waals surface area contributed by atoms with Gasteiger partial charge in [0.15, 0.2) is 11.5 Å². The molecule has 0 aliphatic rings. The molecule has 152 valence electrons. The fraction of sp³-hybridized carbons (Fsp3) is 0.217. The Labute approximate surface area is 175 Å². The maximum Gasteiger partial charge on any atom is 0.323 e. The smallest absolute Gasteiger partial charge is 0.308 e. The molecule has 2 aromatic carbocycles. The largest absolute Gasteiger partial charge is 0.323 e. The average Bonchev–Trinajstić information content (AvgIpc) is 3.08. The number of amides is 2. The summed E-state index contributed by atoms with van der Waals surface area (Å²) in [6, 6.07) is 18.9. The molecule has 2 amide bonds. The van der Waals surface area contributed by atoms with E-state index in [1.807, 2.05) is 67.6 Å². The molecule has 0 aliphatic carbocycles. The third-order valence-corrected chi connectivity index (χ3v) is 4.84. The van der Waals surface area contributed by atoms with Crippen LogP contribution in [-0.4, -0.2) is 25.8 Å². The van der Waals surface area contributed by atoms with E-state index in [9.17, 15) is 4.79 Å². The van der Waals surface area contributed by atoms with Crippen molar-refractivity contribution in [3.05, 3.63) is 72.1 Å². The Morgan fingerprint density at radius 1 is 0.900 bits per heavy atom. The number of hydrogen-bond acceptors (Lipinski definition) is 4. The Bertz CT molecular complexity index is 1200. The SMILES string of the molecule is Cc1nnc2ccc(-c3cccc(NC(=O)Nc4ccc(C(C)(C)C)cc4)c3)nn12. The third-order valence-electron chi connectivity index (χ3n) is 4.84. The molecule has 0 fully saturated rings. The standard InChI is InChI=1S/C23H24N6O/c1-15-26-27-21-13-12-20(28-29(15)21)16-6-5-7-19(14-16)25-22(30)24-18-10-8-17(9-11-18)23(2,3)4/h5-14H,1-4H3,(H2,24,25,30). The summed E-state index contributed by atoms with van der Waals surface area (Å²) in [6.45, 7) is 8.33. The van der Waals surface area contributed by atoms with Crippen LogP contribution in [0.2, 0.25) is 0 Å². The van der Waals surface area contributed by atoms with Crippen molar-refractivity contribution in [3.8, 4) is 11.3 Å². The third kappa shape index (κ3) is 4.15. The molecule has 0 spiro atoms. The minimum atomic E-state index is -0.297. The lowest BCUT2D eigenvalue weighted by atomic mass is 9.87. The van der Waals surface area contributed by atoms with Crippen LogP contribution in [0.25, 0.3) is 16.9 Å². The molecule has 0 saturated carbocycles. The summed E-state index contributed by atoms with van der Waals surface area (Å²) in [4.78, 5) is 12.4. The van der Waals surface area contributed by atoms with Crippen LogP contribution in [0.4, 0.5) is 16.2 Å². The minimum Gasteiger partial charge on any atom is -0.308 e. The lowest BCUT2D eigenvalue weighted by Crippen LogP contribution is -2.19. The van der Waals surface area contributed by atoms with E-state index < -0.39 is 0 Å². The van der Waals surface area contributed by atoms with Crippen LogP contribution in [0.15, 0.2) is 60.7 Å². The number of carbonyl (C=O) groups excluding carboxylic acids is 1. The summed E-state index contributed by atoms with van der Waals surface area (Å²) in [5.41, 5.74) is 5.07. The van der Waals surface area contributed by atoms with Crippen molar-refractivity contribution in [2.45, 2.75) is 33.1 Å². The van der Waals surface area contributed by atoms with E-state index in [1.54, 1.807) is 4.52 Å². The lowest BCUT2D eigenvalue weighted by Gasteiger charge is -2.19. The topological polar surface area (TPSA) is 84.2 Å². The molecule has 2 heterocycles. The number of carbonyl (C=O) groups is 1. The number of fused-ring (bicyclic) bond motifs is 1. The van der Waals surface area contributed by atoms with Crippen LogP contribution in [0.3, 0.4) is 0 Å². The number of rotatable bonds is 3. The van der Waals surface area contributed by atoms with Crippen molar-refractivity contribution in [3.63, 3.8) is 0 Å². The first kappa shape index (κ1) is 19.6. The van der Waals surface area contributed by atoms with Crippen LogP contribution in [-0.2, 0) is 5.41 Å². The van der Waals surface area contributed by atoms with Gasteiger partial charge in [-0.15, -0.1) is 10.2 Å². The lowest BCUT2D eigenvalue weighted by molar-refractivity contribution is 0.262. The number of anilines is 2. The zero-order chi connectivity index (χ0) is 21.3. The molecule has 4 aromatic rings. The van der Waals surface area contributed by atoms with Gasteiger partial charge in [0.1, 0.15) is 0 Å². The number of benzene rings is 2. The molecule has 7 heteroatoms. The number of urea groups is 1. The van der Waals surface area contributed by atoms with Crippen molar-refractivity contribution < 1.29 is 4.79 Å². The van der Waals surface area contributed by atoms with Crippen molar-refractivity contribution in [1.82, 2.24) is 19.8 Å². The molecule has 0 aliphatic heterocycles. The minimum absolute atomic E-state index is 0.0730. The Morgan fingerprint density at radius 3 is 2.37 bits per heavy atom. The van der Waals surface area contributed by atoms with Crippen molar-refractivity contribution >= 4 is 23.1 Å². The Hall–Kier alpha value is -3.74. The van der Waals surface area contributed by atoms with Gasteiger partial charge in [0, 0.05) is 16.9 Å². The molecule has 0 bridgehead atoms. The van der Waals surface area contributed by atoms with E-state index in [2.05, 4.69) is 46.7 Å². The van der Waals surface area contributed by atoms with E-state index in [4.69, 9.17) is 0 Å². The fourth-order valence-corrected chi connectivity index (χ4v) is 3.15. The Morgan fingerprint density at radius 2 is 1.63 bits per heavy atom. The molecule has 4 rings (SSSR count). The zero-order valence-electron chi connectivity index (χ0n) is 17.5. The highest BCUT2D eigenvalue weighted by Crippen LogP contribution is 2.24. The predicted molar refractivity (Wildman–Crippen MR) is 119 cm³/mol. The monoisotopic (exact) mass is 400 g/mol. The molecule has 0 saturated heterocycles. The van der Waals surface area contributed by atoms with E-state index >= 15 is 0 Å². The molecular formula is C23H24N6O.